The molecule has 18 heavy (non-hydrogen) atoms. The van der Waals surface area contributed by atoms with Gasteiger partial charge in [0.15, 0.2) is 5.79 Å². The molecule has 2 saturated heterocycles. The molecule has 0 aromatic heterocycles. The minimum atomic E-state index is -0.559. The fourth-order valence-corrected chi connectivity index (χ4v) is 3.56. The van der Waals surface area contributed by atoms with Crippen molar-refractivity contribution in [2.45, 2.75) is 70.7 Å². The lowest BCUT2D eigenvalue weighted by molar-refractivity contribution is -0.372. The van der Waals surface area contributed by atoms with Gasteiger partial charge in [0.1, 0.15) is 0 Å². The maximum atomic E-state index is 12.8. The summed E-state index contributed by atoms with van der Waals surface area (Å²) in [5, 5.41) is 14.1. The highest BCUT2D eigenvalue weighted by molar-refractivity contribution is 5.08. The fraction of sp³-hybridized carbons (Fsp3) is 1.00. The summed E-state index contributed by atoms with van der Waals surface area (Å²) >= 11 is 0. The van der Waals surface area contributed by atoms with E-state index in [0.717, 1.165) is 12.8 Å². The van der Waals surface area contributed by atoms with Gasteiger partial charge in [0.05, 0.1) is 24.3 Å². The Hall–Kier alpha value is -0.160. The average Bonchev–Trinajstić information content (AvgIpc) is 2.83. The van der Waals surface area contributed by atoms with Crippen LogP contribution in [-0.2, 0) is 14.7 Å². The van der Waals surface area contributed by atoms with Crippen molar-refractivity contribution < 1.29 is 14.7 Å². The zero-order valence-corrected chi connectivity index (χ0v) is 12.3. The van der Waals surface area contributed by atoms with Gasteiger partial charge in [-0.05, 0) is 26.7 Å². The van der Waals surface area contributed by atoms with E-state index in [0.29, 0.717) is 19.6 Å². The van der Waals surface area contributed by atoms with Crippen molar-refractivity contribution in [2.75, 3.05) is 13.2 Å². The van der Waals surface area contributed by atoms with Crippen molar-refractivity contribution in [3.8, 4) is 0 Å². The maximum Gasteiger partial charge on any atom is 0.174 e. The van der Waals surface area contributed by atoms with E-state index in [2.05, 4.69) is 20.8 Å². The van der Waals surface area contributed by atoms with E-state index in [9.17, 15) is 5.21 Å². The SMILES string of the molecule is CCC1(C)CC2(OCCO2)C(C)C(C)(CC)N1[O]. The lowest BCUT2D eigenvalue weighted by atomic mass is 9.67. The molecule has 1 spiro atoms. The van der Waals surface area contributed by atoms with Gasteiger partial charge in [-0.3, -0.25) is 0 Å². The molecule has 2 rings (SSSR count). The van der Waals surface area contributed by atoms with Crippen LogP contribution in [0.1, 0.15) is 53.9 Å². The Labute approximate surface area is 110 Å². The fourth-order valence-electron chi connectivity index (χ4n) is 3.56. The third kappa shape index (κ3) is 1.73. The predicted octanol–water partition coefficient (Wildman–Crippen LogP) is 2.75. The van der Waals surface area contributed by atoms with Crippen LogP contribution in [0, 0.1) is 5.92 Å². The molecule has 0 saturated carbocycles. The van der Waals surface area contributed by atoms with Crippen LogP contribution in [0.2, 0.25) is 0 Å². The van der Waals surface area contributed by atoms with Crippen LogP contribution in [0.25, 0.3) is 0 Å². The molecule has 4 heteroatoms. The number of hydroxylamine groups is 2. The van der Waals surface area contributed by atoms with E-state index in [1.165, 1.54) is 5.06 Å². The van der Waals surface area contributed by atoms with E-state index in [4.69, 9.17) is 9.47 Å². The molecule has 0 bridgehead atoms. The van der Waals surface area contributed by atoms with Gasteiger partial charge in [0, 0.05) is 12.3 Å². The molecule has 3 atom stereocenters. The van der Waals surface area contributed by atoms with Crippen LogP contribution >= 0.6 is 0 Å². The van der Waals surface area contributed by atoms with Crippen LogP contribution in [0.15, 0.2) is 0 Å². The minimum absolute atomic E-state index is 0.0784. The van der Waals surface area contributed by atoms with Gasteiger partial charge >= 0.3 is 0 Å². The minimum Gasteiger partial charge on any atom is -0.347 e. The molecule has 2 aliphatic rings. The molecule has 1 radical (unpaired) electrons. The van der Waals surface area contributed by atoms with Crippen molar-refractivity contribution >= 4 is 0 Å². The van der Waals surface area contributed by atoms with Crippen molar-refractivity contribution in [2.24, 2.45) is 5.92 Å². The van der Waals surface area contributed by atoms with Crippen LogP contribution < -0.4 is 0 Å². The van der Waals surface area contributed by atoms with Gasteiger partial charge in [-0.25, -0.2) is 0 Å². The Morgan fingerprint density at radius 1 is 1.17 bits per heavy atom. The highest BCUT2D eigenvalue weighted by atomic mass is 16.7. The van der Waals surface area contributed by atoms with Crippen molar-refractivity contribution in [1.29, 1.82) is 0 Å². The summed E-state index contributed by atoms with van der Waals surface area (Å²) in [4.78, 5) is 0. The third-order valence-electron chi connectivity index (χ3n) is 5.43. The summed E-state index contributed by atoms with van der Waals surface area (Å²) in [7, 11) is 0. The molecular formula is C14H26NO3. The second-order valence-electron chi connectivity index (χ2n) is 6.26. The smallest absolute Gasteiger partial charge is 0.174 e. The lowest BCUT2D eigenvalue weighted by Crippen LogP contribution is -2.70. The molecule has 0 aromatic carbocycles. The number of hydrogen-bond acceptors (Lipinski definition) is 3. The molecule has 0 N–H and O–H groups in total. The van der Waals surface area contributed by atoms with Crippen LogP contribution in [0.4, 0.5) is 0 Å². The number of ether oxygens (including phenoxy) is 2. The average molecular weight is 256 g/mol. The quantitative estimate of drug-likeness (QED) is 0.763. The summed E-state index contributed by atoms with van der Waals surface area (Å²) in [6, 6.07) is 0. The first-order valence-corrected chi connectivity index (χ1v) is 7.10. The highest BCUT2D eigenvalue weighted by Crippen LogP contribution is 2.52. The molecule has 2 heterocycles. The molecule has 0 aromatic rings. The standard InChI is InChI=1S/C14H26NO3/c1-6-12(4)10-14(17-8-9-18-14)11(3)13(5,7-2)15(12)16/h11H,6-10H2,1-5H3. The van der Waals surface area contributed by atoms with E-state index in [1.54, 1.807) is 0 Å². The largest absolute Gasteiger partial charge is 0.347 e. The lowest BCUT2D eigenvalue weighted by Gasteiger charge is -2.58. The first-order valence-electron chi connectivity index (χ1n) is 7.10. The van der Waals surface area contributed by atoms with Crippen LogP contribution in [0.3, 0.4) is 0 Å². The van der Waals surface area contributed by atoms with E-state index >= 15 is 0 Å². The summed E-state index contributed by atoms with van der Waals surface area (Å²) < 4.78 is 11.9. The summed E-state index contributed by atoms with van der Waals surface area (Å²) in [6.07, 6.45) is 2.28. The number of hydrogen-bond donors (Lipinski definition) is 0. The zero-order chi connectivity index (χ0) is 13.6. The summed E-state index contributed by atoms with van der Waals surface area (Å²) in [5.41, 5.74) is -0.824. The summed E-state index contributed by atoms with van der Waals surface area (Å²) in [5.74, 6) is -0.481. The molecule has 4 nitrogen and oxygen atoms in total. The molecule has 2 fully saturated rings. The van der Waals surface area contributed by atoms with Crippen LogP contribution in [-0.4, -0.2) is 35.1 Å². The second kappa shape index (κ2) is 4.44. The van der Waals surface area contributed by atoms with E-state index < -0.39 is 16.9 Å². The summed E-state index contributed by atoms with van der Waals surface area (Å²) in [6.45, 7) is 11.6. The van der Waals surface area contributed by atoms with Gasteiger partial charge in [0.25, 0.3) is 0 Å². The molecular weight excluding hydrogens is 230 g/mol. The van der Waals surface area contributed by atoms with E-state index in [1.807, 2.05) is 13.8 Å². The van der Waals surface area contributed by atoms with Gasteiger partial charge in [-0.1, -0.05) is 20.8 Å². The molecule has 2 aliphatic heterocycles. The van der Waals surface area contributed by atoms with E-state index in [-0.39, 0.29) is 5.92 Å². The molecule has 0 amide bonds. The highest BCUT2D eigenvalue weighted by Gasteiger charge is 2.62. The first kappa shape index (κ1) is 14.3. The van der Waals surface area contributed by atoms with Crippen molar-refractivity contribution in [1.82, 2.24) is 5.06 Å². The van der Waals surface area contributed by atoms with Crippen molar-refractivity contribution in [3.05, 3.63) is 0 Å². The number of piperidine rings is 1. The maximum absolute atomic E-state index is 12.8. The second-order valence-corrected chi connectivity index (χ2v) is 6.26. The first-order chi connectivity index (χ1) is 8.34. The Morgan fingerprint density at radius 3 is 2.17 bits per heavy atom. The Balaban J connectivity index is 2.42. The van der Waals surface area contributed by atoms with Gasteiger partial charge in [-0.15, -0.1) is 10.3 Å². The van der Waals surface area contributed by atoms with Gasteiger partial charge < -0.3 is 9.47 Å². The Bertz CT molecular complexity index is 314. The molecule has 3 unspecified atom stereocenters. The topological polar surface area (TPSA) is 41.6 Å². The Kier molecular flexibility index (Phi) is 3.52. The normalized spacial score (nSPS) is 44.7. The number of rotatable bonds is 2. The van der Waals surface area contributed by atoms with Crippen LogP contribution in [0.5, 0.6) is 0 Å². The van der Waals surface area contributed by atoms with Gasteiger partial charge in [-0.2, -0.15) is 0 Å². The Morgan fingerprint density at radius 2 is 1.72 bits per heavy atom. The number of nitrogens with zero attached hydrogens (tertiary/aromatic N) is 1. The molecule has 0 aliphatic carbocycles. The van der Waals surface area contributed by atoms with Gasteiger partial charge in [0.2, 0.25) is 0 Å². The predicted molar refractivity (Wildman–Crippen MR) is 68.3 cm³/mol. The monoisotopic (exact) mass is 256 g/mol. The van der Waals surface area contributed by atoms with Crippen molar-refractivity contribution in [3.63, 3.8) is 0 Å². The molecule has 105 valence electrons. The zero-order valence-electron chi connectivity index (χ0n) is 12.3. The third-order valence-corrected chi connectivity index (χ3v) is 5.43.